The zero-order chi connectivity index (χ0) is 23.8. The van der Waals surface area contributed by atoms with Crippen molar-refractivity contribution < 1.29 is 22.7 Å². The molecule has 3 N–H and O–H groups in total. The average molecular weight is 466 g/mol. The van der Waals surface area contributed by atoms with Crippen molar-refractivity contribution in [2.75, 3.05) is 16.8 Å². The third-order valence-electron chi connectivity index (χ3n) is 5.61. The lowest BCUT2D eigenvalue weighted by atomic mass is 10.00. The van der Waals surface area contributed by atoms with E-state index < -0.39 is 27.9 Å². The van der Waals surface area contributed by atoms with E-state index in [1.165, 1.54) is 23.1 Å². The molecule has 3 aromatic rings. The summed E-state index contributed by atoms with van der Waals surface area (Å²) in [6, 6.07) is 17.5. The molecule has 0 aliphatic carbocycles. The van der Waals surface area contributed by atoms with Gasteiger partial charge in [0, 0.05) is 0 Å². The van der Waals surface area contributed by atoms with Crippen molar-refractivity contribution in [3.8, 4) is 5.75 Å². The number of nitrogens with two attached hydrogens (primary N) is 1. The van der Waals surface area contributed by atoms with Crippen LogP contribution in [-0.4, -0.2) is 26.8 Å². The summed E-state index contributed by atoms with van der Waals surface area (Å²) in [5, 5.41) is 7.94. The Labute approximate surface area is 192 Å². The molecule has 0 aromatic heterocycles. The molecule has 0 fully saturated rings. The van der Waals surface area contributed by atoms with Gasteiger partial charge in [-0.2, -0.15) is 0 Å². The van der Waals surface area contributed by atoms with Crippen LogP contribution >= 0.6 is 0 Å². The van der Waals surface area contributed by atoms with Gasteiger partial charge >= 0.3 is 0 Å². The summed E-state index contributed by atoms with van der Waals surface area (Å²) in [5.74, 6) is -0.351. The summed E-state index contributed by atoms with van der Waals surface area (Å²) in [6.07, 6.45) is 0. The van der Waals surface area contributed by atoms with Crippen LogP contribution in [0.1, 0.15) is 22.7 Å². The van der Waals surface area contributed by atoms with Gasteiger partial charge in [0.1, 0.15) is 11.8 Å². The molecule has 1 aliphatic heterocycles. The number of ether oxygens (including phenoxy) is 1. The van der Waals surface area contributed by atoms with Crippen LogP contribution < -0.4 is 20.1 Å². The van der Waals surface area contributed by atoms with Gasteiger partial charge in [-0.3, -0.25) is 14.5 Å². The van der Waals surface area contributed by atoms with Gasteiger partial charge in [0.05, 0.1) is 16.3 Å². The summed E-state index contributed by atoms with van der Waals surface area (Å²) in [4.78, 5) is 27.7. The molecule has 8 nitrogen and oxygen atoms in total. The van der Waals surface area contributed by atoms with Gasteiger partial charge in [-0.1, -0.05) is 42.5 Å². The standard InChI is InChI=1S/C24H23N3O5S/c1-15-7-6-10-21(16(15)2)32-14-22(28)27-20-12-11-18(33(25,30)31)13-19(20)26-24(29)23(27)17-8-4-3-5-9-17/h3-13,23H,14H2,1-2H3,(H,26,29)(H2,25,30,31). The molecular formula is C24H23N3O5S. The smallest absolute Gasteiger partial charge is 0.265 e. The monoisotopic (exact) mass is 465 g/mol. The first-order chi connectivity index (χ1) is 15.7. The molecule has 1 unspecified atom stereocenters. The highest BCUT2D eigenvalue weighted by Gasteiger charge is 2.38. The highest BCUT2D eigenvalue weighted by molar-refractivity contribution is 7.89. The fourth-order valence-corrected chi connectivity index (χ4v) is 4.30. The number of fused-ring (bicyclic) bond motifs is 1. The molecule has 33 heavy (non-hydrogen) atoms. The Kier molecular flexibility index (Phi) is 5.92. The Morgan fingerprint density at radius 1 is 1.06 bits per heavy atom. The number of sulfonamides is 1. The topological polar surface area (TPSA) is 119 Å². The van der Waals surface area contributed by atoms with Crippen molar-refractivity contribution in [3.63, 3.8) is 0 Å². The SMILES string of the molecule is Cc1cccc(OCC(=O)N2c3ccc(S(N)(=O)=O)cc3NC(=O)C2c2ccccc2)c1C. The summed E-state index contributed by atoms with van der Waals surface area (Å²) in [7, 11) is -3.99. The Hall–Kier alpha value is -3.69. The lowest BCUT2D eigenvalue weighted by molar-refractivity contribution is -0.125. The van der Waals surface area contributed by atoms with E-state index in [1.807, 2.05) is 32.0 Å². The molecule has 2 amide bonds. The van der Waals surface area contributed by atoms with E-state index in [1.54, 1.807) is 30.3 Å². The predicted molar refractivity (Wildman–Crippen MR) is 125 cm³/mol. The summed E-state index contributed by atoms with van der Waals surface area (Å²) < 4.78 is 29.4. The molecular weight excluding hydrogens is 442 g/mol. The fourth-order valence-electron chi connectivity index (χ4n) is 3.76. The highest BCUT2D eigenvalue weighted by Crippen LogP contribution is 2.39. The Balaban J connectivity index is 1.74. The summed E-state index contributed by atoms with van der Waals surface area (Å²) in [6.45, 7) is 3.54. The number of aryl methyl sites for hydroxylation is 1. The zero-order valence-corrected chi connectivity index (χ0v) is 18.9. The van der Waals surface area contributed by atoms with Gasteiger partial charge in [-0.05, 0) is 54.8 Å². The van der Waals surface area contributed by atoms with Crippen molar-refractivity contribution in [1.29, 1.82) is 0 Å². The van der Waals surface area contributed by atoms with E-state index in [2.05, 4.69) is 5.32 Å². The van der Waals surface area contributed by atoms with Crippen molar-refractivity contribution in [1.82, 2.24) is 0 Å². The third kappa shape index (κ3) is 4.46. The van der Waals surface area contributed by atoms with E-state index in [-0.39, 0.29) is 17.2 Å². The fraction of sp³-hybridized carbons (Fsp3) is 0.167. The minimum absolute atomic E-state index is 0.168. The molecule has 1 aliphatic rings. The number of nitrogens with one attached hydrogen (secondary N) is 1. The molecule has 3 aromatic carbocycles. The maximum atomic E-state index is 13.4. The second kappa shape index (κ2) is 8.68. The number of carbonyl (C=O) groups excluding carboxylic acids is 2. The largest absolute Gasteiger partial charge is 0.483 e. The van der Waals surface area contributed by atoms with Crippen LogP contribution in [0.4, 0.5) is 11.4 Å². The number of hydrogen-bond acceptors (Lipinski definition) is 5. The second-order valence-corrected chi connectivity index (χ2v) is 9.34. The Morgan fingerprint density at radius 3 is 2.48 bits per heavy atom. The Morgan fingerprint density at radius 2 is 1.79 bits per heavy atom. The van der Waals surface area contributed by atoms with Crippen LogP contribution in [0.3, 0.4) is 0 Å². The molecule has 0 spiro atoms. The molecule has 9 heteroatoms. The van der Waals surface area contributed by atoms with Crippen LogP contribution in [0.25, 0.3) is 0 Å². The number of anilines is 2. The van der Waals surface area contributed by atoms with E-state index >= 15 is 0 Å². The van der Waals surface area contributed by atoms with E-state index in [4.69, 9.17) is 9.88 Å². The van der Waals surface area contributed by atoms with Gasteiger partial charge in [0.25, 0.3) is 11.8 Å². The minimum atomic E-state index is -3.99. The van der Waals surface area contributed by atoms with Gasteiger partial charge in [-0.15, -0.1) is 0 Å². The molecule has 0 saturated carbocycles. The summed E-state index contributed by atoms with van der Waals surface area (Å²) >= 11 is 0. The minimum Gasteiger partial charge on any atom is -0.483 e. The van der Waals surface area contributed by atoms with Gasteiger partial charge < -0.3 is 10.1 Å². The number of amides is 2. The van der Waals surface area contributed by atoms with Crippen LogP contribution in [0, 0.1) is 13.8 Å². The number of carbonyl (C=O) groups is 2. The lowest BCUT2D eigenvalue weighted by Crippen LogP contribution is -2.47. The molecule has 1 heterocycles. The lowest BCUT2D eigenvalue weighted by Gasteiger charge is -2.36. The maximum absolute atomic E-state index is 13.4. The Bertz CT molecular complexity index is 1340. The maximum Gasteiger partial charge on any atom is 0.265 e. The molecule has 170 valence electrons. The molecule has 0 saturated heterocycles. The van der Waals surface area contributed by atoms with Gasteiger partial charge in [-0.25, -0.2) is 13.6 Å². The first-order valence-electron chi connectivity index (χ1n) is 10.2. The number of primary sulfonamides is 1. The van der Waals surface area contributed by atoms with E-state index in [0.717, 1.165) is 11.1 Å². The van der Waals surface area contributed by atoms with Crippen LogP contribution in [0.5, 0.6) is 5.75 Å². The third-order valence-corrected chi connectivity index (χ3v) is 6.52. The van der Waals surface area contributed by atoms with Crippen LogP contribution in [0.15, 0.2) is 71.6 Å². The quantitative estimate of drug-likeness (QED) is 0.600. The van der Waals surface area contributed by atoms with E-state index in [0.29, 0.717) is 17.0 Å². The predicted octanol–water partition coefficient (Wildman–Crippen LogP) is 3.06. The number of benzene rings is 3. The molecule has 0 radical (unpaired) electrons. The number of nitrogens with zero attached hydrogens (tertiary/aromatic N) is 1. The number of rotatable bonds is 5. The normalized spacial score (nSPS) is 15.5. The highest BCUT2D eigenvalue weighted by atomic mass is 32.2. The van der Waals surface area contributed by atoms with Gasteiger partial charge in [0.2, 0.25) is 10.0 Å². The molecule has 0 bridgehead atoms. The zero-order valence-electron chi connectivity index (χ0n) is 18.1. The molecule has 1 atom stereocenters. The van der Waals surface area contributed by atoms with Crippen molar-refractivity contribution in [3.05, 3.63) is 83.4 Å². The first-order valence-corrected chi connectivity index (χ1v) is 11.7. The van der Waals surface area contributed by atoms with Crippen LogP contribution in [0.2, 0.25) is 0 Å². The van der Waals surface area contributed by atoms with Gasteiger partial charge in [0.15, 0.2) is 6.61 Å². The van der Waals surface area contributed by atoms with Crippen LogP contribution in [-0.2, 0) is 19.6 Å². The van der Waals surface area contributed by atoms with E-state index in [9.17, 15) is 18.0 Å². The van der Waals surface area contributed by atoms with Crippen molar-refractivity contribution in [2.24, 2.45) is 5.14 Å². The van der Waals surface area contributed by atoms with Crippen molar-refractivity contribution >= 4 is 33.2 Å². The number of hydrogen-bond donors (Lipinski definition) is 2. The molecule has 4 rings (SSSR count). The average Bonchev–Trinajstić information content (AvgIpc) is 2.78. The second-order valence-electron chi connectivity index (χ2n) is 7.78. The first kappa shape index (κ1) is 22.5. The van der Waals surface area contributed by atoms with Crippen molar-refractivity contribution in [2.45, 2.75) is 24.8 Å². The summed E-state index contributed by atoms with van der Waals surface area (Å²) in [5.41, 5.74) is 3.08.